The van der Waals surface area contributed by atoms with Crippen LogP contribution in [-0.2, 0) is 10.8 Å². The minimum absolute atomic E-state index is 0.0303. The first-order chi connectivity index (χ1) is 10.2. The molecular weight excluding hydrogens is 302 g/mol. The van der Waals surface area contributed by atoms with Crippen LogP contribution in [0.1, 0.15) is 24.9 Å². The second-order valence-electron chi connectivity index (χ2n) is 4.85. The molecule has 3 unspecified atom stereocenters. The van der Waals surface area contributed by atoms with Crippen molar-refractivity contribution in [2.45, 2.75) is 29.5 Å². The third-order valence-corrected chi connectivity index (χ3v) is 5.96. The number of rotatable bonds is 6. The van der Waals surface area contributed by atoms with Crippen LogP contribution in [0.15, 0.2) is 59.5 Å². The van der Waals surface area contributed by atoms with Crippen LogP contribution >= 0.6 is 11.6 Å². The Bertz CT molecular complexity index is 603. The monoisotopic (exact) mass is 321 g/mol. The lowest BCUT2D eigenvalue weighted by atomic mass is 10.0. The van der Waals surface area contributed by atoms with E-state index in [0.29, 0.717) is 9.92 Å². The van der Waals surface area contributed by atoms with E-state index in [1.54, 1.807) is 6.07 Å². The van der Waals surface area contributed by atoms with Crippen LogP contribution < -0.4 is 5.32 Å². The lowest BCUT2D eigenvalue weighted by Crippen LogP contribution is -2.32. The van der Waals surface area contributed by atoms with Crippen molar-refractivity contribution >= 4 is 22.4 Å². The number of nitrogens with one attached hydrogen (secondary N) is 1. The highest BCUT2D eigenvalue weighted by Gasteiger charge is 2.27. The van der Waals surface area contributed by atoms with Crippen LogP contribution in [-0.4, -0.2) is 16.5 Å². The van der Waals surface area contributed by atoms with Gasteiger partial charge in [0.15, 0.2) is 0 Å². The largest absolute Gasteiger partial charge is 0.312 e. The Morgan fingerprint density at radius 1 is 1.10 bits per heavy atom. The fraction of sp³-hybridized carbons (Fsp3) is 0.294. The molecule has 112 valence electrons. The van der Waals surface area contributed by atoms with Crippen molar-refractivity contribution in [2.75, 3.05) is 7.05 Å². The summed E-state index contributed by atoms with van der Waals surface area (Å²) in [6, 6.07) is 17.5. The van der Waals surface area contributed by atoms with Gasteiger partial charge < -0.3 is 5.32 Å². The maximum absolute atomic E-state index is 13.0. The highest BCUT2D eigenvalue weighted by molar-refractivity contribution is 7.85. The molecule has 2 aromatic carbocycles. The molecule has 4 heteroatoms. The van der Waals surface area contributed by atoms with Crippen molar-refractivity contribution in [1.82, 2.24) is 5.32 Å². The first-order valence-corrected chi connectivity index (χ1v) is 8.65. The quantitative estimate of drug-likeness (QED) is 0.864. The second-order valence-corrected chi connectivity index (χ2v) is 6.90. The molecule has 0 saturated heterocycles. The summed E-state index contributed by atoms with van der Waals surface area (Å²) in [7, 11) is 0.749. The van der Waals surface area contributed by atoms with E-state index < -0.39 is 10.8 Å². The standard InChI is InChI=1S/C17H20ClNOS/c1-3-15(17(19-2)13-9-5-4-6-10-13)21(20)16-12-8-7-11-14(16)18/h4-12,15,17,19H,3H2,1-2H3. The molecule has 0 bridgehead atoms. The zero-order chi connectivity index (χ0) is 15.2. The summed E-state index contributed by atoms with van der Waals surface area (Å²) >= 11 is 6.20. The zero-order valence-electron chi connectivity index (χ0n) is 12.3. The molecule has 0 aliphatic rings. The lowest BCUT2D eigenvalue weighted by molar-refractivity contribution is 0.539. The Labute approximate surface area is 134 Å². The van der Waals surface area contributed by atoms with E-state index in [0.717, 1.165) is 12.0 Å². The Morgan fingerprint density at radius 2 is 1.71 bits per heavy atom. The van der Waals surface area contributed by atoms with Crippen LogP contribution in [0, 0.1) is 0 Å². The highest BCUT2D eigenvalue weighted by Crippen LogP contribution is 2.29. The molecule has 21 heavy (non-hydrogen) atoms. The molecule has 2 nitrogen and oxygen atoms in total. The summed E-state index contributed by atoms with van der Waals surface area (Å²) in [6.45, 7) is 2.06. The minimum atomic E-state index is -1.16. The average Bonchev–Trinajstić information content (AvgIpc) is 2.53. The fourth-order valence-electron chi connectivity index (χ4n) is 2.51. The topological polar surface area (TPSA) is 29.1 Å². The van der Waals surface area contributed by atoms with Gasteiger partial charge in [-0.05, 0) is 31.2 Å². The predicted molar refractivity (Wildman–Crippen MR) is 90.2 cm³/mol. The predicted octanol–water partition coefficient (Wildman–Crippen LogP) is 4.19. The fourth-order valence-corrected chi connectivity index (χ4v) is 4.52. The Hall–Kier alpha value is -1.16. The van der Waals surface area contributed by atoms with E-state index in [2.05, 4.69) is 24.4 Å². The Kier molecular flexibility index (Phi) is 5.97. The minimum Gasteiger partial charge on any atom is -0.312 e. The first kappa shape index (κ1) is 16.2. The molecule has 0 radical (unpaired) electrons. The third kappa shape index (κ3) is 3.73. The van der Waals surface area contributed by atoms with E-state index in [9.17, 15) is 4.21 Å². The summed E-state index contributed by atoms with van der Waals surface area (Å²) in [4.78, 5) is 0.710. The van der Waals surface area contributed by atoms with Crippen LogP contribution in [0.4, 0.5) is 0 Å². The zero-order valence-corrected chi connectivity index (χ0v) is 13.8. The summed E-state index contributed by atoms with van der Waals surface area (Å²) in [6.07, 6.45) is 0.804. The van der Waals surface area contributed by atoms with Gasteiger partial charge in [0.05, 0.1) is 26.0 Å². The normalized spacial score (nSPS) is 15.4. The van der Waals surface area contributed by atoms with Gasteiger partial charge in [-0.15, -0.1) is 0 Å². The molecular formula is C17H20ClNOS. The number of halogens is 1. The van der Waals surface area contributed by atoms with Crippen LogP contribution in [0.5, 0.6) is 0 Å². The van der Waals surface area contributed by atoms with E-state index >= 15 is 0 Å². The van der Waals surface area contributed by atoms with Crippen LogP contribution in [0.3, 0.4) is 0 Å². The molecule has 0 aliphatic heterocycles. The van der Waals surface area contributed by atoms with Crippen molar-refractivity contribution < 1.29 is 4.21 Å². The molecule has 0 aromatic heterocycles. The van der Waals surface area contributed by atoms with Gasteiger partial charge in [-0.1, -0.05) is 61.0 Å². The Morgan fingerprint density at radius 3 is 2.29 bits per heavy atom. The van der Waals surface area contributed by atoms with Crippen molar-refractivity contribution in [3.05, 3.63) is 65.2 Å². The van der Waals surface area contributed by atoms with E-state index in [-0.39, 0.29) is 11.3 Å². The molecule has 0 fully saturated rings. The van der Waals surface area contributed by atoms with Gasteiger partial charge in [-0.2, -0.15) is 0 Å². The van der Waals surface area contributed by atoms with Crippen molar-refractivity contribution in [1.29, 1.82) is 0 Å². The van der Waals surface area contributed by atoms with Gasteiger partial charge in [0.1, 0.15) is 0 Å². The molecule has 0 aliphatic carbocycles. The van der Waals surface area contributed by atoms with Crippen LogP contribution in [0.25, 0.3) is 0 Å². The van der Waals surface area contributed by atoms with Gasteiger partial charge in [-0.3, -0.25) is 4.21 Å². The highest BCUT2D eigenvalue weighted by atomic mass is 35.5. The smallest absolute Gasteiger partial charge is 0.0595 e. The molecule has 2 rings (SSSR count). The molecule has 0 amide bonds. The SMILES string of the molecule is CCC(C(NC)c1ccccc1)S(=O)c1ccccc1Cl. The summed E-state index contributed by atoms with van der Waals surface area (Å²) in [5.41, 5.74) is 1.15. The third-order valence-electron chi connectivity index (χ3n) is 3.57. The maximum atomic E-state index is 13.0. The second kappa shape index (κ2) is 7.74. The molecule has 3 atom stereocenters. The van der Waals surface area contributed by atoms with E-state index in [4.69, 9.17) is 11.6 Å². The van der Waals surface area contributed by atoms with Gasteiger partial charge in [0, 0.05) is 6.04 Å². The van der Waals surface area contributed by atoms with Crippen LogP contribution in [0.2, 0.25) is 5.02 Å². The molecule has 0 heterocycles. The van der Waals surface area contributed by atoms with E-state index in [1.807, 2.05) is 43.4 Å². The summed E-state index contributed by atoms with van der Waals surface area (Å²) in [5, 5.41) is 3.84. The van der Waals surface area contributed by atoms with Gasteiger partial charge in [0.25, 0.3) is 0 Å². The summed E-state index contributed by atoms with van der Waals surface area (Å²) in [5.74, 6) is 0. The first-order valence-electron chi connectivity index (χ1n) is 7.06. The number of benzene rings is 2. The summed E-state index contributed by atoms with van der Waals surface area (Å²) < 4.78 is 13.0. The van der Waals surface area contributed by atoms with Crippen molar-refractivity contribution in [2.24, 2.45) is 0 Å². The average molecular weight is 322 g/mol. The lowest BCUT2D eigenvalue weighted by Gasteiger charge is -2.26. The van der Waals surface area contributed by atoms with E-state index in [1.165, 1.54) is 0 Å². The van der Waals surface area contributed by atoms with Gasteiger partial charge in [-0.25, -0.2) is 0 Å². The van der Waals surface area contributed by atoms with Crippen molar-refractivity contribution in [3.8, 4) is 0 Å². The number of hydrogen-bond donors (Lipinski definition) is 1. The molecule has 0 spiro atoms. The molecule has 1 N–H and O–H groups in total. The van der Waals surface area contributed by atoms with Gasteiger partial charge in [0.2, 0.25) is 0 Å². The molecule has 0 saturated carbocycles. The Balaban J connectivity index is 2.34. The maximum Gasteiger partial charge on any atom is 0.0595 e. The van der Waals surface area contributed by atoms with Crippen molar-refractivity contribution in [3.63, 3.8) is 0 Å². The molecule has 2 aromatic rings. The van der Waals surface area contributed by atoms with Gasteiger partial charge >= 0.3 is 0 Å². The number of hydrogen-bond acceptors (Lipinski definition) is 2.